The maximum atomic E-state index is 10.8. The fraction of sp³-hybridized carbons (Fsp3) is 0.222. The van der Waals surface area contributed by atoms with E-state index in [1.807, 2.05) is 0 Å². The highest BCUT2D eigenvalue weighted by Crippen LogP contribution is 2.03. The van der Waals surface area contributed by atoms with Gasteiger partial charge >= 0.3 is 20.3 Å². The SMILES string of the molecule is O=C(O)[C@H](Cc1ccc(B(O)O)cc1)NB(O)O. The van der Waals surface area contributed by atoms with Crippen molar-refractivity contribution in [3.05, 3.63) is 29.8 Å². The zero-order valence-electron chi connectivity index (χ0n) is 9.39. The van der Waals surface area contributed by atoms with Crippen LogP contribution in [-0.2, 0) is 11.2 Å². The normalized spacial score (nSPS) is 12.0. The molecule has 0 unspecified atom stereocenters. The lowest BCUT2D eigenvalue weighted by Crippen LogP contribution is -2.47. The van der Waals surface area contributed by atoms with Crippen LogP contribution in [0.2, 0.25) is 0 Å². The second-order valence-corrected chi connectivity index (χ2v) is 3.75. The van der Waals surface area contributed by atoms with Crippen molar-refractivity contribution in [1.29, 1.82) is 0 Å². The van der Waals surface area contributed by atoms with Crippen molar-refractivity contribution in [2.75, 3.05) is 0 Å². The number of rotatable bonds is 6. The van der Waals surface area contributed by atoms with Gasteiger partial charge in [0.05, 0.1) is 0 Å². The number of aliphatic carboxylic acids is 1. The minimum atomic E-state index is -1.91. The van der Waals surface area contributed by atoms with Crippen LogP contribution in [0.5, 0.6) is 0 Å². The van der Waals surface area contributed by atoms with Crippen LogP contribution in [-0.4, -0.2) is 51.6 Å². The van der Waals surface area contributed by atoms with E-state index in [-0.39, 0.29) is 6.42 Å². The molecule has 0 aliphatic rings. The number of carbonyl (C=O) groups is 1. The van der Waals surface area contributed by atoms with E-state index in [4.69, 9.17) is 25.2 Å². The Morgan fingerprint density at radius 1 is 1.17 bits per heavy atom. The first-order valence-corrected chi connectivity index (χ1v) is 5.20. The number of benzene rings is 1. The first kappa shape index (κ1) is 14.7. The van der Waals surface area contributed by atoms with E-state index < -0.39 is 26.4 Å². The summed E-state index contributed by atoms with van der Waals surface area (Å²) in [5.74, 6) is -1.21. The summed E-state index contributed by atoms with van der Waals surface area (Å²) in [5, 5.41) is 46.1. The summed E-state index contributed by atoms with van der Waals surface area (Å²) >= 11 is 0. The highest BCUT2D eigenvalue weighted by molar-refractivity contribution is 6.58. The van der Waals surface area contributed by atoms with Crippen molar-refractivity contribution >= 4 is 25.8 Å². The summed E-state index contributed by atoms with van der Waals surface area (Å²) < 4.78 is 0. The Morgan fingerprint density at radius 3 is 2.11 bits per heavy atom. The predicted octanol–water partition coefficient (Wildman–Crippen LogP) is -3.08. The minimum absolute atomic E-state index is 0.0365. The molecule has 7 nitrogen and oxygen atoms in total. The molecule has 0 saturated heterocycles. The molecular weight excluding hydrogens is 240 g/mol. The van der Waals surface area contributed by atoms with Crippen molar-refractivity contribution in [1.82, 2.24) is 5.23 Å². The minimum Gasteiger partial charge on any atom is -0.480 e. The van der Waals surface area contributed by atoms with Crippen molar-refractivity contribution < 1.29 is 30.0 Å². The van der Waals surface area contributed by atoms with Crippen LogP contribution in [0.1, 0.15) is 5.56 Å². The lowest BCUT2D eigenvalue weighted by Gasteiger charge is -2.14. The van der Waals surface area contributed by atoms with Crippen molar-refractivity contribution in [2.24, 2.45) is 0 Å². The summed E-state index contributed by atoms with van der Waals surface area (Å²) in [6.45, 7) is 0. The van der Waals surface area contributed by atoms with Gasteiger partial charge in [-0.3, -0.25) is 10.0 Å². The number of carboxylic acids is 1. The Bertz CT molecular complexity index is 397. The summed E-state index contributed by atoms with van der Waals surface area (Å²) in [6, 6.07) is 4.84. The predicted molar refractivity (Wildman–Crippen MR) is 64.7 cm³/mol. The first-order valence-electron chi connectivity index (χ1n) is 5.20. The van der Waals surface area contributed by atoms with Crippen LogP contribution in [0.4, 0.5) is 0 Å². The Hall–Kier alpha value is -1.38. The molecule has 1 aromatic carbocycles. The van der Waals surface area contributed by atoms with Crippen LogP contribution in [0, 0.1) is 0 Å². The van der Waals surface area contributed by atoms with E-state index in [1.165, 1.54) is 24.3 Å². The van der Waals surface area contributed by atoms with Gasteiger partial charge in [-0.1, -0.05) is 24.3 Å². The molecule has 0 heterocycles. The zero-order chi connectivity index (χ0) is 13.7. The number of hydrogen-bond acceptors (Lipinski definition) is 6. The van der Waals surface area contributed by atoms with Gasteiger partial charge in [0.25, 0.3) is 0 Å². The van der Waals surface area contributed by atoms with Gasteiger partial charge in [-0.05, 0) is 17.4 Å². The van der Waals surface area contributed by atoms with Gasteiger partial charge in [-0.2, -0.15) is 0 Å². The van der Waals surface area contributed by atoms with Gasteiger partial charge in [-0.15, -0.1) is 0 Å². The van der Waals surface area contributed by atoms with E-state index in [0.717, 1.165) is 0 Å². The molecule has 96 valence electrons. The topological polar surface area (TPSA) is 130 Å². The fourth-order valence-corrected chi connectivity index (χ4v) is 1.46. The van der Waals surface area contributed by atoms with Crippen LogP contribution < -0.4 is 10.7 Å². The van der Waals surface area contributed by atoms with Gasteiger partial charge in [0.2, 0.25) is 0 Å². The van der Waals surface area contributed by atoms with Gasteiger partial charge < -0.3 is 25.2 Å². The third-order valence-electron chi connectivity index (χ3n) is 2.37. The molecule has 6 N–H and O–H groups in total. The maximum absolute atomic E-state index is 10.8. The largest absolute Gasteiger partial charge is 0.549 e. The van der Waals surface area contributed by atoms with Crippen molar-refractivity contribution in [2.45, 2.75) is 12.5 Å². The molecule has 0 amide bonds. The Kier molecular flexibility index (Phi) is 5.32. The molecule has 0 spiro atoms. The maximum Gasteiger partial charge on any atom is 0.549 e. The number of carboxylic acid groups (broad SMARTS) is 1. The lowest BCUT2D eigenvalue weighted by molar-refractivity contribution is -0.139. The number of nitrogens with one attached hydrogen (secondary N) is 1. The van der Waals surface area contributed by atoms with Crippen molar-refractivity contribution in [3.63, 3.8) is 0 Å². The van der Waals surface area contributed by atoms with E-state index >= 15 is 0 Å². The molecular formula is C9H13B2NO6. The van der Waals surface area contributed by atoms with E-state index in [9.17, 15) is 4.79 Å². The number of hydrogen-bond donors (Lipinski definition) is 6. The van der Waals surface area contributed by atoms with Crippen molar-refractivity contribution in [3.8, 4) is 0 Å². The van der Waals surface area contributed by atoms with Crippen LogP contribution >= 0.6 is 0 Å². The van der Waals surface area contributed by atoms with Crippen LogP contribution in [0.3, 0.4) is 0 Å². The molecule has 0 saturated carbocycles. The van der Waals surface area contributed by atoms with E-state index in [1.54, 1.807) is 0 Å². The smallest absolute Gasteiger partial charge is 0.480 e. The third kappa shape index (κ3) is 4.47. The molecule has 0 bridgehead atoms. The first-order chi connectivity index (χ1) is 8.40. The average Bonchev–Trinajstić information content (AvgIpc) is 2.28. The molecule has 18 heavy (non-hydrogen) atoms. The van der Waals surface area contributed by atoms with Gasteiger partial charge in [0, 0.05) is 0 Å². The molecule has 1 atom stereocenters. The fourth-order valence-electron chi connectivity index (χ4n) is 1.46. The van der Waals surface area contributed by atoms with Gasteiger partial charge in [0.15, 0.2) is 0 Å². The highest BCUT2D eigenvalue weighted by atomic mass is 16.4. The quantitative estimate of drug-likeness (QED) is 0.296. The standard InChI is InChI=1S/C9H13B2NO6/c13-9(14)8(12-11(17)18)5-6-1-3-7(4-2-6)10(15)16/h1-4,8,12,15-18H,5H2,(H,13,14)/t8-/m0/s1. The summed E-state index contributed by atoms with van der Waals surface area (Å²) in [5.41, 5.74) is 0.903. The van der Waals surface area contributed by atoms with Gasteiger partial charge in [-0.25, -0.2) is 0 Å². The lowest BCUT2D eigenvalue weighted by atomic mass is 9.80. The molecule has 0 aromatic heterocycles. The zero-order valence-corrected chi connectivity index (χ0v) is 9.39. The molecule has 0 fully saturated rings. The Morgan fingerprint density at radius 2 is 1.72 bits per heavy atom. The molecule has 0 radical (unpaired) electrons. The summed E-state index contributed by atoms with van der Waals surface area (Å²) in [6.07, 6.45) is 0.0365. The molecule has 9 heteroatoms. The average molecular weight is 253 g/mol. The van der Waals surface area contributed by atoms with Crippen LogP contribution in [0.25, 0.3) is 0 Å². The summed E-state index contributed by atoms with van der Waals surface area (Å²) in [7, 11) is -3.49. The highest BCUT2D eigenvalue weighted by Gasteiger charge is 2.23. The molecule has 1 aromatic rings. The monoisotopic (exact) mass is 253 g/mol. The molecule has 0 aliphatic carbocycles. The molecule has 1 rings (SSSR count). The Labute approximate surface area is 104 Å². The van der Waals surface area contributed by atoms with Crippen LogP contribution in [0.15, 0.2) is 24.3 Å². The third-order valence-corrected chi connectivity index (χ3v) is 2.37. The Balaban J connectivity index is 2.72. The van der Waals surface area contributed by atoms with E-state index in [0.29, 0.717) is 11.0 Å². The molecule has 0 aliphatic heterocycles. The second-order valence-electron chi connectivity index (χ2n) is 3.75. The van der Waals surface area contributed by atoms with Gasteiger partial charge in [0.1, 0.15) is 6.04 Å². The summed E-state index contributed by atoms with van der Waals surface area (Å²) in [4.78, 5) is 10.8. The second kappa shape index (κ2) is 6.53. The van der Waals surface area contributed by atoms with E-state index in [2.05, 4.69) is 5.23 Å².